The summed E-state index contributed by atoms with van der Waals surface area (Å²) in [5, 5.41) is 13.6. The number of carbonyl (C=O) groups is 2. The van der Waals surface area contributed by atoms with Crippen LogP contribution in [0, 0.1) is 0 Å². The molecular weight excluding hydrogens is 254 g/mol. The van der Waals surface area contributed by atoms with E-state index in [0.29, 0.717) is 13.0 Å². The molecule has 2 rings (SSSR count). The first-order valence-corrected chi connectivity index (χ1v) is 6.62. The Morgan fingerprint density at radius 1 is 1.00 bits per heavy atom. The monoisotopic (exact) mass is 271 g/mol. The van der Waals surface area contributed by atoms with Gasteiger partial charge in [0, 0.05) is 19.4 Å². The molecule has 4 nitrogen and oxygen atoms in total. The van der Waals surface area contributed by atoms with Gasteiger partial charge in [0.05, 0.1) is 0 Å². The van der Waals surface area contributed by atoms with Crippen LogP contribution in [-0.2, 0) is 16.1 Å². The van der Waals surface area contributed by atoms with Crippen LogP contribution in [0.15, 0.2) is 42.5 Å². The molecule has 0 aliphatic carbocycles. The van der Waals surface area contributed by atoms with E-state index in [0.717, 1.165) is 16.3 Å². The lowest BCUT2D eigenvalue weighted by Crippen LogP contribution is -2.22. The van der Waals surface area contributed by atoms with Crippen LogP contribution < -0.4 is 5.32 Å². The molecule has 0 bridgehead atoms. The van der Waals surface area contributed by atoms with Crippen molar-refractivity contribution in [2.75, 3.05) is 0 Å². The number of amides is 1. The Kier molecular flexibility index (Phi) is 4.71. The van der Waals surface area contributed by atoms with Crippen LogP contribution in [-0.4, -0.2) is 17.0 Å². The van der Waals surface area contributed by atoms with E-state index in [1.54, 1.807) is 0 Å². The van der Waals surface area contributed by atoms with Crippen LogP contribution in [0.4, 0.5) is 0 Å². The topological polar surface area (TPSA) is 66.4 Å². The van der Waals surface area contributed by atoms with E-state index >= 15 is 0 Å². The Bertz CT molecular complexity index is 617. The van der Waals surface area contributed by atoms with Crippen molar-refractivity contribution in [3.05, 3.63) is 48.0 Å². The minimum atomic E-state index is -0.869. The Hall–Kier alpha value is -2.36. The van der Waals surface area contributed by atoms with E-state index in [-0.39, 0.29) is 18.7 Å². The maximum atomic E-state index is 11.6. The van der Waals surface area contributed by atoms with Crippen LogP contribution in [0.5, 0.6) is 0 Å². The van der Waals surface area contributed by atoms with Gasteiger partial charge in [0.15, 0.2) is 0 Å². The standard InChI is InChI=1S/C16H17NO3/c18-15(9-4-10-16(19)20)17-11-13-7-3-6-12-5-1-2-8-14(12)13/h1-3,5-8H,4,9-11H2,(H,17,18)(H,19,20). The number of hydrogen-bond donors (Lipinski definition) is 2. The average Bonchev–Trinajstić information content (AvgIpc) is 2.44. The summed E-state index contributed by atoms with van der Waals surface area (Å²) in [6, 6.07) is 14.0. The normalized spacial score (nSPS) is 10.4. The molecule has 20 heavy (non-hydrogen) atoms. The summed E-state index contributed by atoms with van der Waals surface area (Å²) in [5.74, 6) is -0.981. The largest absolute Gasteiger partial charge is 0.481 e. The van der Waals surface area contributed by atoms with Gasteiger partial charge in [0.25, 0.3) is 0 Å². The molecular formula is C16H17NO3. The SMILES string of the molecule is O=C(O)CCCC(=O)NCc1cccc2ccccc12. The molecule has 104 valence electrons. The van der Waals surface area contributed by atoms with Crippen molar-refractivity contribution in [1.82, 2.24) is 5.32 Å². The van der Waals surface area contributed by atoms with Gasteiger partial charge in [-0.3, -0.25) is 9.59 Å². The Morgan fingerprint density at radius 3 is 2.55 bits per heavy atom. The molecule has 0 aliphatic heterocycles. The molecule has 0 heterocycles. The molecule has 0 saturated carbocycles. The van der Waals surface area contributed by atoms with E-state index in [1.807, 2.05) is 42.5 Å². The fourth-order valence-corrected chi connectivity index (χ4v) is 2.13. The van der Waals surface area contributed by atoms with Gasteiger partial charge in [-0.15, -0.1) is 0 Å². The molecule has 0 aromatic heterocycles. The second-order valence-electron chi connectivity index (χ2n) is 4.66. The van der Waals surface area contributed by atoms with Gasteiger partial charge in [0.2, 0.25) is 5.91 Å². The number of carboxylic acid groups (broad SMARTS) is 1. The summed E-state index contributed by atoms with van der Waals surface area (Å²) in [6.07, 6.45) is 0.648. The summed E-state index contributed by atoms with van der Waals surface area (Å²) < 4.78 is 0. The van der Waals surface area contributed by atoms with Crippen LogP contribution >= 0.6 is 0 Å². The van der Waals surface area contributed by atoms with Crippen LogP contribution in [0.2, 0.25) is 0 Å². The highest BCUT2D eigenvalue weighted by molar-refractivity contribution is 5.86. The zero-order chi connectivity index (χ0) is 14.4. The van der Waals surface area contributed by atoms with Crippen molar-refractivity contribution in [2.24, 2.45) is 0 Å². The third-order valence-corrected chi connectivity index (χ3v) is 3.15. The molecule has 0 spiro atoms. The van der Waals surface area contributed by atoms with Gasteiger partial charge in [-0.05, 0) is 22.8 Å². The summed E-state index contributed by atoms with van der Waals surface area (Å²) >= 11 is 0. The predicted molar refractivity (Wildman–Crippen MR) is 77.3 cm³/mol. The summed E-state index contributed by atoms with van der Waals surface area (Å²) in [7, 11) is 0. The number of fused-ring (bicyclic) bond motifs is 1. The molecule has 0 unspecified atom stereocenters. The highest BCUT2D eigenvalue weighted by Crippen LogP contribution is 2.18. The predicted octanol–water partition coefficient (Wildman–Crippen LogP) is 2.71. The zero-order valence-electron chi connectivity index (χ0n) is 11.1. The number of benzene rings is 2. The number of hydrogen-bond acceptors (Lipinski definition) is 2. The van der Waals surface area contributed by atoms with Crippen molar-refractivity contribution in [3.8, 4) is 0 Å². The number of aliphatic carboxylic acids is 1. The number of carbonyl (C=O) groups excluding carboxylic acids is 1. The Balaban J connectivity index is 1.92. The Labute approximate surface area is 117 Å². The van der Waals surface area contributed by atoms with E-state index < -0.39 is 5.97 Å². The molecule has 1 amide bonds. The number of carboxylic acids is 1. The third-order valence-electron chi connectivity index (χ3n) is 3.15. The van der Waals surface area contributed by atoms with E-state index in [2.05, 4.69) is 5.32 Å². The second-order valence-corrected chi connectivity index (χ2v) is 4.66. The van der Waals surface area contributed by atoms with E-state index in [9.17, 15) is 9.59 Å². The van der Waals surface area contributed by atoms with Gasteiger partial charge in [-0.25, -0.2) is 0 Å². The van der Waals surface area contributed by atoms with Crippen molar-refractivity contribution >= 4 is 22.6 Å². The highest BCUT2D eigenvalue weighted by atomic mass is 16.4. The second kappa shape index (κ2) is 6.70. The molecule has 0 atom stereocenters. The van der Waals surface area contributed by atoms with Gasteiger partial charge >= 0.3 is 5.97 Å². The Morgan fingerprint density at radius 2 is 1.75 bits per heavy atom. The van der Waals surface area contributed by atoms with Crippen LogP contribution in [0.3, 0.4) is 0 Å². The molecule has 2 aromatic carbocycles. The highest BCUT2D eigenvalue weighted by Gasteiger charge is 2.05. The van der Waals surface area contributed by atoms with Gasteiger partial charge in [0.1, 0.15) is 0 Å². The van der Waals surface area contributed by atoms with Gasteiger partial charge < -0.3 is 10.4 Å². The zero-order valence-corrected chi connectivity index (χ0v) is 11.1. The molecule has 2 aromatic rings. The first-order valence-electron chi connectivity index (χ1n) is 6.62. The van der Waals surface area contributed by atoms with Crippen LogP contribution in [0.1, 0.15) is 24.8 Å². The number of rotatable bonds is 6. The average molecular weight is 271 g/mol. The first-order chi connectivity index (χ1) is 9.66. The van der Waals surface area contributed by atoms with E-state index in [4.69, 9.17) is 5.11 Å². The fraction of sp³-hybridized carbons (Fsp3) is 0.250. The quantitative estimate of drug-likeness (QED) is 0.849. The molecule has 0 saturated heterocycles. The van der Waals surface area contributed by atoms with Crippen molar-refractivity contribution < 1.29 is 14.7 Å². The van der Waals surface area contributed by atoms with E-state index in [1.165, 1.54) is 0 Å². The summed E-state index contributed by atoms with van der Waals surface area (Å²) in [4.78, 5) is 22.0. The van der Waals surface area contributed by atoms with Gasteiger partial charge in [-0.1, -0.05) is 42.5 Å². The lowest BCUT2D eigenvalue weighted by Gasteiger charge is -2.08. The lowest BCUT2D eigenvalue weighted by atomic mass is 10.0. The van der Waals surface area contributed by atoms with Crippen molar-refractivity contribution in [1.29, 1.82) is 0 Å². The molecule has 2 N–H and O–H groups in total. The maximum absolute atomic E-state index is 11.6. The summed E-state index contributed by atoms with van der Waals surface area (Å²) in [6.45, 7) is 0.466. The summed E-state index contributed by atoms with van der Waals surface area (Å²) in [5.41, 5.74) is 1.06. The van der Waals surface area contributed by atoms with Crippen molar-refractivity contribution in [3.63, 3.8) is 0 Å². The number of nitrogens with one attached hydrogen (secondary N) is 1. The minimum Gasteiger partial charge on any atom is -0.481 e. The molecule has 0 radical (unpaired) electrons. The minimum absolute atomic E-state index is 0.0295. The first kappa shape index (κ1) is 14.1. The van der Waals surface area contributed by atoms with Crippen molar-refractivity contribution in [2.45, 2.75) is 25.8 Å². The fourth-order valence-electron chi connectivity index (χ4n) is 2.13. The molecule has 4 heteroatoms. The molecule has 0 aliphatic rings. The lowest BCUT2D eigenvalue weighted by molar-refractivity contribution is -0.137. The third kappa shape index (κ3) is 3.82. The van der Waals surface area contributed by atoms with Gasteiger partial charge in [-0.2, -0.15) is 0 Å². The molecule has 0 fully saturated rings. The van der Waals surface area contributed by atoms with Crippen LogP contribution in [0.25, 0.3) is 10.8 Å². The maximum Gasteiger partial charge on any atom is 0.303 e. The smallest absolute Gasteiger partial charge is 0.303 e.